The zero-order valence-corrected chi connectivity index (χ0v) is 10.1. The number of carbonyl (C=O) groups is 1. The van der Waals surface area contributed by atoms with Crippen molar-refractivity contribution in [3.63, 3.8) is 0 Å². The number of ether oxygens (including phenoxy) is 1. The van der Waals surface area contributed by atoms with Gasteiger partial charge in [-0.3, -0.25) is 4.79 Å². The second-order valence-corrected chi connectivity index (χ2v) is 4.44. The molecule has 1 aliphatic heterocycles. The fourth-order valence-electron chi connectivity index (χ4n) is 2.04. The van der Waals surface area contributed by atoms with Crippen molar-refractivity contribution in [2.24, 2.45) is 0 Å². The standard InChI is InChI=1S/C13H17FN2O2/c14-10-5-3-6-11(15)13(10)16-12(17)8-9-4-1-2-7-18-9/h3,5-6,9H,1-2,4,7-8,15H2,(H,16,17). The molecule has 0 saturated carbocycles. The van der Waals surface area contributed by atoms with Crippen molar-refractivity contribution in [2.45, 2.75) is 31.8 Å². The minimum Gasteiger partial charge on any atom is -0.397 e. The summed E-state index contributed by atoms with van der Waals surface area (Å²) in [4.78, 5) is 11.8. The predicted molar refractivity (Wildman–Crippen MR) is 67.7 cm³/mol. The average molecular weight is 252 g/mol. The number of para-hydroxylation sites is 1. The molecule has 1 aromatic carbocycles. The van der Waals surface area contributed by atoms with Crippen molar-refractivity contribution in [1.29, 1.82) is 0 Å². The van der Waals surface area contributed by atoms with E-state index in [0.717, 1.165) is 19.3 Å². The van der Waals surface area contributed by atoms with Crippen molar-refractivity contribution >= 4 is 17.3 Å². The van der Waals surface area contributed by atoms with Gasteiger partial charge in [-0.1, -0.05) is 6.07 Å². The highest BCUT2D eigenvalue weighted by molar-refractivity contribution is 5.94. The zero-order valence-electron chi connectivity index (χ0n) is 10.1. The van der Waals surface area contributed by atoms with Crippen LogP contribution in [-0.4, -0.2) is 18.6 Å². The van der Waals surface area contributed by atoms with Crippen molar-refractivity contribution in [2.75, 3.05) is 17.7 Å². The molecule has 3 N–H and O–H groups in total. The van der Waals surface area contributed by atoms with Gasteiger partial charge in [-0.25, -0.2) is 4.39 Å². The summed E-state index contributed by atoms with van der Waals surface area (Å²) < 4.78 is 18.9. The highest BCUT2D eigenvalue weighted by Gasteiger charge is 2.18. The van der Waals surface area contributed by atoms with E-state index in [-0.39, 0.29) is 29.8 Å². The SMILES string of the molecule is Nc1cccc(F)c1NC(=O)CC1CCCCO1. The van der Waals surface area contributed by atoms with E-state index in [1.54, 1.807) is 6.07 Å². The van der Waals surface area contributed by atoms with Crippen molar-refractivity contribution in [3.8, 4) is 0 Å². The highest BCUT2D eigenvalue weighted by Crippen LogP contribution is 2.23. The van der Waals surface area contributed by atoms with Crippen molar-refractivity contribution in [1.82, 2.24) is 0 Å². The molecule has 98 valence electrons. The largest absolute Gasteiger partial charge is 0.397 e. The summed E-state index contributed by atoms with van der Waals surface area (Å²) in [5, 5.41) is 2.51. The average Bonchev–Trinajstić information content (AvgIpc) is 2.35. The van der Waals surface area contributed by atoms with Crippen molar-refractivity contribution in [3.05, 3.63) is 24.0 Å². The Morgan fingerprint density at radius 3 is 3.00 bits per heavy atom. The highest BCUT2D eigenvalue weighted by atomic mass is 19.1. The summed E-state index contributed by atoms with van der Waals surface area (Å²) in [6.45, 7) is 0.694. The van der Waals surface area contributed by atoms with E-state index in [4.69, 9.17) is 10.5 Å². The first-order chi connectivity index (χ1) is 8.66. The number of hydrogen-bond donors (Lipinski definition) is 2. The molecule has 0 bridgehead atoms. The Bertz CT molecular complexity index is 411. The number of nitrogen functional groups attached to an aromatic ring is 1. The summed E-state index contributed by atoms with van der Waals surface area (Å²) in [5.41, 5.74) is 5.90. The summed E-state index contributed by atoms with van der Waals surface area (Å²) in [6, 6.07) is 4.32. The van der Waals surface area contributed by atoms with Crippen LogP contribution in [-0.2, 0) is 9.53 Å². The van der Waals surface area contributed by atoms with Crippen LogP contribution >= 0.6 is 0 Å². The molecule has 1 fully saturated rings. The zero-order chi connectivity index (χ0) is 13.0. The van der Waals surface area contributed by atoms with Gasteiger partial charge in [-0.2, -0.15) is 0 Å². The Balaban J connectivity index is 1.94. The lowest BCUT2D eigenvalue weighted by Crippen LogP contribution is -2.26. The normalized spacial score (nSPS) is 19.5. The fourth-order valence-corrected chi connectivity index (χ4v) is 2.04. The first-order valence-electron chi connectivity index (χ1n) is 6.12. The lowest BCUT2D eigenvalue weighted by molar-refractivity contribution is -0.119. The number of anilines is 2. The molecular formula is C13H17FN2O2. The number of nitrogens with one attached hydrogen (secondary N) is 1. The molecular weight excluding hydrogens is 235 g/mol. The maximum atomic E-state index is 13.5. The van der Waals surface area contributed by atoms with Gasteiger partial charge < -0.3 is 15.8 Å². The summed E-state index contributed by atoms with van der Waals surface area (Å²) >= 11 is 0. The third-order valence-corrected chi connectivity index (χ3v) is 3.00. The minimum atomic E-state index is -0.520. The van der Waals surface area contributed by atoms with E-state index in [2.05, 4.69) is 5.32 Å². The van der Waals surface area contributed by atoms with E-state index in [0.29, 0.717) is 6.61 Å². The van der Waals surface area contributed by atoms with E-state index in [9.17, 15) is 9.18 Å². The fraction of sp³-hybridized carbons (Fsp3) is 0.462. The van der Waals surface area contributed by atoms with Crippen LogP contribution in [0.4, 0.5) is 15.8 Å². The van der Waals surface area contributed by atoms with Crippen LogP contribution in [0, 0.1) is 5.82 Å². The lowest BCUT2D eigenvalue weighted by atomic mass is 10.1. The van der Waals surface area contributed by atoms with E-state index >= 15 is 0 Å². The molecule has 5 heteroatoms. The van der Waals surface area contributed by atoms with E-state index < -0.39 is 5.82 Å². The minimum absolute atomic E-state index is 0.0540. The third-order valence-electron chi connectivity index (χ3n) is 3.00. The molecule has 1 atom stereocenters. The van der Waals surface area contributed by atoms with Crippen LogP contribution in [0.5, 0.6) is 0 Å². The van der Waals surface area contributed by atoms with Gasteiger partial charge in [0.05, 0.1) is 18.2 Å². The van der Waals surface area contributed by atoms with Gasteiger partial charge in [-0.15, -0.1) is 0 Å². The molecule has 1 saturated heterocycles. The predicted octanol–water partition coefficient (Wildman–Crippen LogP) is 2.31. The summed E-state index contributed by atoms with van der Waals surface area (Å²) in [6.07, 6.45) is 3.17. The maximum Gasteiger partial charge on any atom is 0.227 e. The number of rotatable bonds is 3. The van der Waals surface area contributed by atoms with Gasteiger partial charge >= 0.3 is 0 Å². The van der Waals surface area contributed by atoms with Gasteiger partial charge in [0.1, 0.15) is 11.5 Å². The van der Waals surface area contributed by atoms with Crippen LogP contribution < -0.4 is 11.1 Å². The lowest BCUT2D eigenvalue weighted by Gasteiger charge is -2.22. The van der Waals surface area contributed by atoms with E-state index in [1.165, 1.54) is 12.1 Å². The second-order valence-electron chi connectivity index (χ2n) is 4.44. The van der Waals surface area contributed by atoms with Gasteiger partial charge in [-0.05, 0) is 31.4 Å². The summed E-state index contributed by atoms with van der Waals surface area (Å²) in [7, 11) is 0. The molecule has 1 aliphatic rings. The number of amides is 1. The molecule has 1 amide bonds. The molecule has 0 aliphatic carbocycles. The van der Waals surface area contributed by atoms with Gasteiger partial charge in [0, 0.05) is 6.61 Å². The van der Waals surface area contributed by atoms with Crippen LogP contribution in [0.1, 0.15) is 25.7 Å². The molecule has 0 aromatic heterocycles. The molecule has 1 heterocycles. The van der Waals surface area contributed by atoms with Crippen LogP contribution in [0.15, 0.2) is 18.2 Å². The maximum absolute atomic E-state index is 13.5. The Kier molecular flexibility index (Phi) is 4.15. The quantitative estimate of drug-likeness (QED) is 0.811. The van der Waals surface area contributed by atoms with Crippen molar-refractivity contribution < 1.29 is 13.9 Å². The number of benzene rings is 1. The smallest absolute Gasteiger partial charge is 0.227 e. The van der Waals surface area contributed by atoms with Gasteiger partial charge in [0.15, 0.2) is 0 Å². The molecule has 1 aromatic rings. The van der Waals surface area contributed by atoms with Crippen LogP contribution in [0.3, 0.4) is 0 Å². The first kappa shape index (κ1) is 12.8. The topological polar surface area (TPSA) is 64.3 Å². The Morgan fingerprint density at radius 1 is 1.50 bits per heavy atom. The third kappa shape index (κ3) is 3.20. The van der Waals surface area contributed by atoms with Crippen LogP contribution in [0.25, 0.3) is 0 Å². The molecule has 4 nitrogen and oxygen atoms in total. The molecule has 0 radical (unpaired) electrons. The number of nitrogens with two attached hydrogens (primary N) is 1. The van der Waals surface area contributed by atoms with E-state index in [1.807, 2.05) is 0 Å². The summed E-state index contributed by atoms with van der Waals surface area (Å²) in [5.74, 6) is -0.786. The van der Waals surface area contributed by atoms with Gasteiger partial charge in [0.25, 0.3) is 0 Å². The molecule has 18 heavy (non-hydrogen) atoms. The molecule has 1 unspecified atom stereocenters. The molecule has 2 rings (SSSR count). The number of halogens is 1. The monoisotopic (exact) mass is 252 g/mol. The number of hydrogen-bond acceptors (Lipinski definition) is 3. The number of carbonyl (C=O) groups excluding carboxylic acids is 1. The van der Waals surface area contributed by atoms with Crippen LogP contribution in [0.2, 0.25) is 0 Å². The first-order valence-corrected chi connectivity index (χ1v) is 6.12. The second kappa shape index (κ2) is 5.82. The van der Waals surface area contributed by atoms with Gasteiger partial charge in [0.2, 0.25) is 5.91 Å². The Morgan fingerprint density at radius 2 is 2.33 bits per heavy atom. The Hall–Kier alpha value is -1.62. The molecule has 0 spiro atoms. The Labute approximate surface area is 105 Å².